The minimum atomic E-state index is 0.880. The largest absolute Gasteiger partial charge is 0.316 e. The minimum Gasteiger partial charge on any atom is -0.316 e. The molecule has 2 aliphatic rings. The number of rotatable bonds is 6. The molecule has 18 heavy (non-hydrogen) atoms. The fraction of sp³-hybridized carbons (Fsp3) is 1.00. The Morgan fingerprint density at radius 2 is 2.06 bits per heavy atom. The lowest BCUT2D eigenvalue weighted by atomic mass is 9.94. The monoisotopic (exact) mass is 270 g/mol. The quantitative estimate of drug-likeness (QED) is 0.747. The number of thioether (sulfide) groups is 1. The van der Waals surface area contributed by atoms with Gasteiger partial charge in [-0.05, 0) is 57.5 Å². The molecule has 0 spiro atoms. The SMILES string of the molecule is CCCNCC1CCN(C2CCCCC2SC)C1. The number of nitrogens with zero attached hydrogens (tertiary/aromatic N) is 1. The Morgan fingerprint density at radius 1 is 1.22 bits per heavy atom. The molecule has 0 aromatic rings. The molecule has 1 heterocycles. The van der Waals surface area contributed by atoms with E-state index in [0.29, 0.717) is 0 Å². The van der Waals surface area contributed by atoms with Gasteiger partial charge >= 0.3 is 0 Å². The van der Waals surface area contributed by atoms with Crippen molar-refractivity contribution in [2.45, 2.75) is 56.7 Å². The number of likely N-dealkylation sites (tertiary alicyclic amines) is 1. The summed E-state index contributed by atoms with van der Waals surface area (Å²) in [5.74, 6) is 0.904. The van der Waals surface area contributed by atoms with E-state index in [4.69, 9.17) is 0 Å². The topological polar surface area (TPSA) is 15.3 Å². The summed E-state index contributed by atoms with van der Waals surface area (Å²) < 4.78 is 0. The Labute approximate surface area is 117 Å². The molecule has 2 rings (SSSR count). The first kappa shape index (κ1) is 14.7. The van der Waals surface area contributed by atoms with Crippen LogP contribution in [-0.2, 0) is 0 Å². The van der Waals surface area contributed by atoms with E-state index < -0.39 is 0 Å². The lowest BCUT2D eigenvalue weighted by Crippen LogP contribution is -2.43. The third-order valence-electron chi connectivity index (χ3n) is 4.62. The summed E-state index contributed by atoms with van der Waals surface area (Å²) in [5.41, 5.74) is 0. The second-order valence-corrected chi connectivity index (χ2v) is 7.06. The van der Waals surface area contributed by atoms with E-state index in [1.165, 1.54) is 64.7 Å². The highest BCUT2D eigenvalue weighted by Crippen LogP contribution is 2.33. The standard InChI is InChI=1S/C15H30N2S/c1-3-9-16-11-13-8-10-17(12-13)14-6-4-5-7-15(14)18-2/h13-16H,3-12H2,1-2H3. The van der Waals surface area contributed by atoms with Crippen molar-refractivity contribution in [2.75, 3.05) is 32.4 Å². The Bertz CT molecular complexity index is 235. The van der Waals surface area contributed by atoms with E-state index in [9.17, 15) is 0 Å². The van der Waals surface area contributed by atoms with Gasteiger partial charge in [0.1, 0.15) is 0 Å². The molecule has 106 valence electrons. The van der Waals surface area contributed by atoms with Gasteiger partial charge in [-0.1, -0.05) is 19.8 Å². The second kappa shape index (κ2) is 7.76. The van der Waals surface area contributed by atoms with Gasteiger partial charge in [0.2, 0.25) is 0 Å². The first-order valence-corrected chi connectivity index (χ1v) is 9.11. The molecule has 0 aromatic carbocycles. The zero-order valence-electron chi connectivity index (χ0n) is 12.2. The van der Waals surface area contributed by atoms with Crippen LogP contribution in [-0.4, -0.2) is 48.6 Å². The fourth-order valence-electron chi connectivity index (χ4n) is 3.58. The van der Waals surface area contributed by atoms with E-state index in [1.54, 1.807) is 0 Å². The predicted octanol–water partition coefficient (Wildman–Crippen LogP) is 2.98. The van der Waals surface area contributed by atoms with Crippen LogP contribution >= 0.6 is 11.8 Å². The molecule has 0 bridgehead atoms. The lowest BCUT2D eigenvalue weighted by Gasteiger charge is -2.37. The van der Waals surface area contributed by atoms with Gasteiger partial charge in [-0.15, -0.1) is 0 Å². The van der Waals surface area contributed by atoms with Crippen LogP contribution in [0.25, 0.3) is 0 Å². The van der Waals surface area contributed by atoms with Gasteiger partial charge in [0, 0.05) is 17.8 Å². The van der Waals surface area contributed by atoms with Crippen molar-refractivity contribution in [3.8, 4) is 0 Å². The van der Waals surface area contributed by atoms with Crippen molar-refractivity contribution in [1.82, 2.24) is 10.2 Å². The van der Waals surface area contributed by atoms with E-state index in [-0.39, 0.29) is 0 Å². The normalized spacial score (nSPS) is 34.0. The zero-order valence-corrected chi connectivity index (χ0v) is 13.0. The van der Waals surface area contributed by atoms with Crippen LogP contribution in [0, 0.1) is 5.92 Å². The van der Waals surface area contributed by atoms with Crippen LogP contribution in [0.3, 0.4) is 0 Å². The van der Waals surface area contributed by atoms with Crippen molar-refractivity contribution in [2.24, 2.45) is 5.92 Å². The first-order valence-electron chi connectivity index (χ1n) is 7.82. The molecule has 3 unspecified atom stereocenters. The zero-order chi connectivity index (χ0) is 12.8. The third kappa shape index (κ3) is 3.88. The fourth-order valence-corrected chi connectivity index (χ4v) is 4.61. The summed E-state index contributed by atoms with van der Waals surface area (Å²) in [6.45, 7) is 7.37. The average molecular weight is 270 g/mol. The Hall–Kier alpha value is 0.270. The van der Waals surface area contributed by atoms with E-state index in [0.717, 1.165) is 17.2 Å². The van der Waals surface area contributed by atoms with Crippen LogP contribution in [0.5, 0.6) is 0 Å². The molecule has 0 amide bonds. The molecular weight excluding hydrogens is 240 g/mol. The highest BCUT2D eigenvalue weighted by Gasteiger charge is 2.33. The van der Waals surface area contributed by atoms with Crippen LogP contribution in [0.15, 0.2) is 0 Å². The third-order valence-corrected chi connectivity index (χ3v) is 5.77. The lowest BCUT2D eigenvalue weighted by molar-refractivity contribution is 0.191. The van der Waals surface area contributed by atoms with Crippen LogP contribution in [0.1, 0.15) is 45.4 Å². The van der Waals surface area contributed by atoms with Gasteiger partial charge < -0.3 is 5.32 Å². The molecule has 1 saturated heterocycles. The highest BCUT2D eigenvalue weighted by molar-refractivity contribution is 7.99. The summed E-state index contributed by atoms with van der Waals surface area (Å²) in [7, 11) is 0. The van der Waals surface area contributed by atoms with Gasteiger partial charge in [0.15, 0.2) is 0 Å². The Morgan fingerprint density at radius 3 is 2.83 bits per heavy atom. The average Bonchev–Trinajstić information content (AvgIpc) is 2.88. The van der Waals surface area contributed by atoms with Gasteiger partial charge in [-0.3, -0.25) is 4.90 Å². The van der Waals surface area contributed by atoms with E-state index in [1.807, 2.05) is 0 Å². The van der Waals surface area contributed by atoms with Crippen molar-refractivity contribution >= 4 is 11.8 Å². The molecular formula is C15H30N2S. The van der Waals surface area contributed by atoms with Crippen molar-refractivity contribution in [1.29, 1.82) is 0 Å². The van der Waals surface area contributed by atoms with E-state index in [2.05, 4.69) is 35.2 Å². The predicted molar refractivity (Wildman–Crippen MR) is 82.4 cm³/mol. The molecule has 0 aromatic heterocycles. The van der Waals surface area contributed by atoms with Crippen LogP contribution < -0.4 is 5.32 Å². The summed E-state index contributed by atoms with van der Waals surface area (Å²) in [4.78, 5) is 2.80. The second-order valence-electron chi connectivity index (χ2n) is 5.98. The molecule has 1 N–H and O–H groups in total. The summed E-state index contributed by atoms with van der Waals surface area (Å²) >= 11 is 2.11. The van der Waals surface area contributed by atoms with Gasteiger partial charge in [0.05, 0.1) is 0 Å². The van der Waals surface area contributed by atoms with Crippen molar-refractivity contribution < 1.29 is 0 Å². The maximum absolute atomic E-state index is 3.59. The Balaban J connectivity index is 1.76. The molecule has 3 atom stereocenters. The highest BCUT2D eigenvalue weighted by atomic mass is 32.2. The minimum absolute atomic E-state index is 0.880. The maximum atomic E-state index is 3.59. The molecule has 3 heteroatoms. The van der Waals surface area contributed by atoms with Crippen molar-refractivity contribution in [3.63, 3.8) is 0 Å². The molecule has 1 aliphatic heterocycles. The van der Waals surface area contributed by atoms with Crippen LogP contribution in [0.4, 0.5) is 0 Å². The van der Waals surface area contributed by atoms with Gasteiger partial charge in [0.25, 0.3) is 0 Å². The smallest absolute Gasteiger partial charge is 0.0214 e. The molecule has 2 fully saturated rings. The molecule has 1 saturated carbocycles. The maximum Gasteiger partial charge on any atom is 0.0214 e. The summed E-state index contributed by atoms with van der Waals surface area (Å²) in [6, 6.07) is 0.880. The van der Waals surface area contributed by atoms with E-state index >= 15 is 0 Å². The Kier molecular flexibility index (Phi) is 6.33. The number of hydrogen-bond acceptors (Lipinski definition) is 3. The number of nitrogens with one attached hydrogen (secondary N) is 1. The molecule has 1 aliphatic carbocycles. The molecule has 2 nitrogen and oxygen atoms in total. The number of hydrogen-bond donors (Lipinski definition) is 1. The first-order chi connectivity index (χ1) is 8.85. The van der Waals surface area contributed by atoms with Crippen molar-refractivity contribution in [3.05, 3.63) is 0 Å². The van der Waals surface area contributed by atoms with Gasteiger partial charge in [-0.2, -0.15) is 11.8 Å². The van der Waals surface area contributed by atoms with Crippen LogP contribution in [0.2, 0.25) is 0 Å². The summed E-state index contributed by atoms with van der Waals surface area (Å²) in [5, 5.41) is 4.50. The molecule has 0 radical (unpaired) electrons. The van der Waals surface area contributed by atoms with Gasteiger partial charge in [-0.25, -0.2) is 0 Å². The summed E-state index contributed by atoms with van der Waals surface area (Å²) in [6.07, 6.45) is 10.8.